The Morgan fingerprint density at radius 3 is 2.52 bits per heavy atom. The Morgan fingerprint density at radius 1 is 1.17 bits per heavy atom. The molecule has 224 valence electrons. The van der Waals surface area contributed by atoms with Gasteiger partial charge < -0.3 is 18.3 Å². The fraction of sp³-hybridized carbons (Fsp3) is 0.517. The Bertz CT molecular complexity index is 1680. The van der Waals surface area contributed by atoms with E-state index >= 15 is 0 Å². The van der Waals surface area contributed by atoms with Crippen LogP contribution in [0.2, 0.25) is 18.1 Å². The van der Waals surface area contributed by atoms with Gasteiger partial charge in [0.1, 0.15) is 0 Å². The number of esters is 1. The van der Waals surface area contributed by atoms with Crippen molar-refractivity contribution in [3.05, 3.63) is 69.0 Å². The minimum absolute atomic E-state index is 0.00167. The average Bonchev–Trinajstić information content (AvgIpc) is 3.51. The summed E-state index contributed by atoms with van der Waals surface area (Å²) in [5.74, 6) is 0.407. The molecule has 0 amide bonds. The summed E-state index contributed by atoms with van der Waals surface area (Å²) in [4.78, 5) is 44.9. The van der Waals surface area contributed by atoms with Crippen molar-refractivity contribution in [2.24, 2.45) is 11.8 Å². The fourth-order valence-electron chi connectivity index (χ4n) is 5.25. The lowest BCUT2D eigenvalue weighted by Gasteiger charge is -2.47. The van der Waals surface area contributed by atoms with Crippen LogP contribution in [0.4, 0.5) is 5.69 Å². The van der Waals surface area contributed by atoms with Gasteiger partial charge in [0.25, 0.3) is 11.2 Å². The van der Waals surface area contributed by atoms with Crippen molar-refractivity contribution in [2.75, 3.05) is 13.2 Å². The van der Waals surface area contributed by atoms with E-state index in [1.165, 1.54) is 23.5 Å². The molecule has 1 aromatic carbocycles. The van der Waals surface area contributed by atoms with Crippen molar-refractivity contribution in [3.63, 3.8) is 0 Å². The smallest absolute Gasteiger partial charge is 0.302 e. The van der Waals surface area contributed by atoms with E-state index in [1.54, 1.807) is 24.7 Å². The van der Waals surface area contributed by atoms with E-state index in [1.807, 2.05) is 15.3 Å². The van der Waals surface area contributed by atoms with E-state index in [0.29, 0.717) is 43.1 Å². The first-order chi connectivity index (χ1) is 19.8. The zero-order chi connectivity index (χ0) is 30.4. The number of ether oxygens (including phenoxy) is 1. The summed E-state index contributed by atoms with van der Waals surface area (Å²) < 4.78 is 17.4. The maximum absolute atomic E-state index is 13.4. The van der Waals surface area contributed by atoms with Crippen molar-refractivity contribution in [2.45, 2.75) is 71.3 Å². The summed E-state index contributed by atoms with van der Waals surface area (Å²) in [7, 11) is -2.02. The number of rotatable bonds is 10. The number of hydrogen-bond donors (Lipinski definition) is 0. The molecule has 0 unspecified atom stereocenters. The highest BCUT2D eigenvalue weighted by atomic mass is 28.4. The molecule has 5 rings (SSSR count). The molecule has 0 spiro atoms. The maximum atomic E-state index is 13.4. The summed E-state index contributed by atoms with van der Waals surface area (Å²) in [6.45, 7) is 13.9. The van der Waals surface area contributed by atoms with Crippen molar-refractivity contribution < 1.29 is 18.9 Å². The molecule has 1 aliphatic rings. The van der Waals surface area contributed by atoms with Crippen LogP contribution in [0.3, 0.4) is 0 Å². The molecule has 13 heteroatoms. The molecule has 1 saturated carbocycles. The van der Waals surface area contributed by atoms with Gasteiger partial charge in [-0.05, 0) is 36.5 Å². The van der Waals surface area contributed by atoms with E-state index < -0.39 is 13.2 Å². The number of nitro groups is 1. The summed E-state index contributed by atoms with van der Waals surface area (Å²) in [5.41, 5.74) is 1.57. The Morgan fingerprint density at radius 2 is 1.88 bits per heavy atom. The standard InChI is InChI=1S/C29H38N6O6Si/c1-19(36)40-16-21-15-24(23(21)17-41-42(5,6)29(2,3)4)34-18-30-25-26(34)31-28-32(13-14-33(28)27(25)37)12-11-20-7-9-22(10-8-20)35(38)39/h7-10,13-14,18,21,23-24H,11-12,15-17H2,1-6H3/t21-,23-,24-/m1/s1. The van der Waals surface area contributed by atoms with E-state index in [9.17, 15) is 19.7 Å². The number of nitro benzene ring substituents is 1. The van der Waals surface area contributed by atoms with Crippen LogP contribution in [0.5, 0.6) is 0 Å². The lowest BCUT2D eigenvalue weighted by molar-refractivity contribution is -0.384. The molecule has 3 atom stereocenters. The molecule has 0 N–H and O–H groups in total. The van der Waals surface area contributed by atoms with Gasteiger partial charge in [-0.25, -0.2) is 9.38 Å². The van der Waals surface area contributed by atoms with Gasteiger partial charge in [0.05, 0.1) is 17.9 Å². The fourth-order valence-corrected chi connectivity index (χ4v) is 6.30. The van der Waals surface area contributed by atoms with Crippen LogP contribution in [0.15, 0.2) is 47.8 Å². The first kappa shape index (κ1) is 29.6. The molecule has 4 aromatic rings. The van der Waals surface area contributed by atoms with Gasteiger partial charge in [0.2, 0.25) is 5.78 Å². The van der Waals surface area contributed by atoms with E-state index in [2.05, 4.69) is 38.8 Å². The minimum atomic E-state index is -2.02. The first-order valence-corrected chi connectivity index (χ1v) is 17.1. The highest BCUT2D eigenvalue weighted by Gasteiger charge is 2.46. The predicted octanol–water partition coefficient (Wildman–Crippen LogP) is 4.76. The van der Waals surface area contributed by atoms with Gasteiger partial charge in [0.15, 0.2) is 19.5 Å². The predicted molar refractivity (Wildman–Crippen MR) is 160 cm³/mol. The second-order valence-corrected chi connectivity index (χ2v) is 17.5. The lowest BCUT2D eigenvalue weighted by atomic mass is 9.70. The van der Waals surface area contributed by atoms with Crippen LogP contribution in [0, 0.1) is 22.0 Å². The maximum Gasteiger partial charge on any atom is 0.302 e. The van der Waals surface area contributed by atoms with Crippen molar-refractivity contribution in [3.8, 4) is 0 Å². The minimum Gasteiger partial charge on any atom is -0.466 e. The highest BCUT2D eigenvalue weighted by molar-refractivity contribution is 6.74. The molecule has 0 saturated heterocycles. The molecule has 0 aliphatic heterocycles. The Labute approximate surface area is 244 Å². The number of imidazole rings is 2. The Kier molecular flexibility index (Phi) is 7.83. The molecule has 0 bridgehead atoms. The van der Waals surface area contributed by atoms with E-state index in [0.717, 1.165) is 12.0 Å². The van der Waals surface area contributed by atoms with Gasteiger partial charge in [-0.2, -0.15) is 4.98 Å². The van der Waals surface area contributed by atoms with Crippen molar-refractivity contribution in [1.29, 1.82) is 0 Å². The normalized spacial score (nSPS) is 19.2. The molecule has 0 radical (unpaired) electrons. The van der Waals surface area contributed by atoms with Gasteiger partial charge in [-0.15, -0.1) is 0 Å². The van der Waals surface area contributed by atoms with Gasteiger partial charge in [-0.3, -0.25) is 19.7 Å². The Hall–Kier alpha value is -3.84. The number of aryl methyl sites for hydroxylation is 2. The molecule has 3 heterocycles. The van der Waals surface area contributed by atoms with Crippen LogP contribution >= 0.6 is 0 Å². The largest absolute Gasteiger partial charge is 0.466 e. The van der Waals surface area contributed by atoms with E-state index in [-0.39, 0.29) is 40.1 Å². The van der Waals surface area contributed by atoms with Crippen LogP contribution in [-0.2, 0) is 26.9 Å². The first-order valence-electron chi connectivity index (χ1n) is 14.2. The van der Waals surface area contributed by atoms with Crippen molar-refractivity contribution >= 4 is 36.9 Å². The summed E-state index contributed by atoms with van der Waals surface area (Å²) in [5, 5.41) is 11.0. The third kappa shape index (κ3) is 5.62. The average molecular weight is 595 g/mol. The third-order valence-electron chi connectivity index (χ3n) is 9.00. The molecule has 1 aliphatic carbocycles. The van der Waals surface area contributed by atoms with Crippen LogP contribution < -0.4 is 5.56 Å². The zero-order valence-corrected chi connectivity index (χ0v) is 25.9. The second-order valence-electron chi connectivity index (χ2n) is 12.7. The lowest BCUT2D eigenvalue weighted by Crippen LogP contribution is -2.48. The van der Waals surface area contributed by atoms with Crippen LogP contribution in [-0.4, -0.2) is 55.9 Å². The van der Waals surface area contributed by atoms with Crippen molar-refractivity contribution in [1.82, 2.24) is 23.5 Å². The number of fused-ring (bicyclic) bond motifs is 2. The second kappa shape index (κ2) is 11.1. The Balaban J connectivity index is 1.42. The summed E-state index contributed by atoms with van der Waals surface area (Å²) in [6, 6.07) is 6.47. The molecule has 42 heavy (non-hydrogen) atoms. The quantitative estimate of drug-likeness (QED) is 0.111. The number of non-ortho nitro benzene ring substituents is 1. The van der Waals surface area contributed by atoms with Gasteiger partial charge in [-0.1, -0.05) is 32.9 Å². The zero-order valence-electron chi connectivity index (χ0n) is 24.9. The SMILES string of the molecule is CC(=O)OC[C@H]1C[C@@H](n2cnc3c(=O)n4ccn(CCc5ccc([N+](=O)[O-])cc5)c4nc32)[C@@H]1CO[Si](C)(C)C(C)(C)C. The molecule has 12 nitrogen and oxygen atoms in total. The summed E-state index contributed by atoms with van der Waals surface area (Å²) in [6.07, 6.45) is 6.56. The number of nitrogens with zero attached hydrogens (tertiary/aromatic N) is 6. The third-order valence-corrected chi connectivity index (χ3v) is 13.5. The van der Waals surface area contributed by atoms with Gasteiger partial charge >= 0.3 is 5.97 Å². The topological polar surface area (TPSA) is 136 Å². The summed E-state index contributed by atoms with van der Waals surface area (Å²) >= 11 is 0. The number of hydrogen-bond acceptors (Lipinski definition) is 8. The monoisotopic (exact) mass is 594 g/mol. The number of aromatic nitrogens is 5. The number of benzene rings is 1. The van der Waals surface area contributed by atoms with Crippen LogP contribution in [0.25, 0.3) is 16.9 Å². The van der Waals surface area contributed by atoms with Crippen LogP contribution in [0.1, 0.15) is 45.7 Å². The highest BCUT2D eigenvalue weighted by Crippen LogP contribution is 2.47. The number of carbonyl (C=O) groups excluding carboxylic acids is 1. The number of carbonyl (C=O) groups is 1. The van der Waals surface area contributed by atoms with E-state index in [4.69, 9.17) is 14.1 Å². The molecular weight excluding hydrogens is 556 g/mol. The molecule has 1 fully saturated rings. The molecular formula is C29H38N6O6Si. The van der Waals surface area contributed by atoms with Gasteiger partial charge in [0, 0.05) is 62.5 Å². The molecule has 3 aromatic heterocycles.